The fraction of sp³-hybridized carbons (Fsp3) is 0.550. The summed E-state index contributed by atoms with van der Waals surface area (Å²) >= 11 is 0. The summed E-state index contributed by atoms with van der Waals surface area (Å²) in [7, 11) is 0. The van der Waals surface area contributed by atoms with Crippen LogP contribution in [-0.4, -0.2) is 49.2 Å². The first-order valence-electron chi connectivity index (χ1n) is 9.25. The molecule has 0 unspecified atom stereocenters. The summed E-state index contributed by atoms with van der Waals surface area (Å²) in [5.41, 5.74) is 6.31. The Hall–Kier alpha value is -1.65. The van der Waals surface area contributed by atoms with E-state index in [0.29, 0.717) is 0 Å². The van der Waals surface area contributed by atoms with Crippen molar-refractivity contribution in [3.63, 3.8) is 0 Å². The predicted octanol–water partition coefficient (Wildman–Crippen LogP) is 2.25. The maximum atomic E-state index is 12.8. The van der Waals surface area contributed by atoms with Gasteiger partial charge in [-0.3, -0.25) is 9.69 Å². The molecule has 4 nitrogen and oxygen atoms in total. The predicted molar refractivity (Wildman–Crippen MR) is 92.5 cm³/mol. The molecule has 0 aromatic carbocycles. The third-order valence-electron chi connectivity index (χ3n) is 6.31. The second kappa shape index (κ2) is 5.43. The molecule has 1 heterocycles. The fourth-order valence-electron chi connectivity index (χ4n) is 4.85. The molecule has 4 aliphatic carbocycles. The van der Waals surface area contributed by atoms with Gasteiger partial charge < -0.3 is 10.1 Å². The van der Waals surface area contributed by atoms with Gasteiger partial charge in [-0.2, -0.15) is 0 Å². The third-order valence-corrected chi connectivity index (χ3v) is 6.31. The molecule has 1 saturated heterocycles. The van der Waals surface area contributed by atoms with Gasteiger partial charge in [0, 0.05) is 30.7 Å². The van der Waals surface area contributed by atoms with Crippen LogP contribution in [0, 0.1) is 0 Å². The second-order valence-electron chi connectivity index (χ2n) is 7.61. The minimum Gasteiger partial charge on any atom is -0.379 e. The molecule has 24 heavy (non-hydrogen) atoms. The number of carbonyl (C=O) groups is 1. The van der Waals surface area contributed by atoms with Gasteiger partial charge in [-0.15, -0.1) is 0 Å². The van der Waals surface area contributed by atoms with Gasteiger partial charge >= 0.3 is 0 Å². The standard InChI is InChI=1S/C20H24N2O2/c23-19(16-4-3-15-17-11-14(17)12-18(15)16)21-13-20(5-1-2-6-20)22-7-9-24-10-8-22/h3-4,12H,1-2,5-11,13H2,(H,21,23). The number of fused-ring (bicyclic) bond motifs is 2. The van der Waals surface area contributed by atoms with E-state index in [2.05, 4.69) is 22.4 Å². The van der Waals surface area contributed by atoms with Gasteiger partial charge in [0.25, 0.3) is 5.91 Å². The molecule has 0 atom stereocenters. The number of allylic oxidation sites excluding steroid dienone is 6. The monoisotopic (exact) mass is 324 g/mol. The van der Waals surface area contributed by atoms with Crippen LogP contribution in [0.25, 0.3) is 0 Å². The summed E-state index contributed by atoms with van der Waals surface area (Å²) in [4.78, 5) is 15.3. The van der Waals surface area contributed by atoms with Crippen LogP contribution in [-0.2, 0) is 9.53 Å². The third kappa shape index (κ3) is 2.24. The van der Waals surface area contributed by atoms with E-state index in [0.717, 1.165) is 50.4 Å². The van der Waals surface area contributed by atoms with Crippen LogP contribution in [0.1, 0.15) is 32.1 Å². The van der Waals surface area contributed by atoms with Crippen LogP contribution in [0.4, 0.5) is 0 Å². The van der Waals surface area contributed by atoms with Gasteiger partial charge in [0.05, 0.1) is 13.2 Å². The van der Waals surface area contributed by atoms with Crippen LogP contribution in [0.15, 0.2) is 46.1 Å². The molecule has 0 spiro atoms. The summed E-state index contributed by atoms with van der Waals surface area (Å²) in [6.07, 6.45) is 12.3. The Balaban J connectivity index is 1.30. The van der Waals surface area contributed by atoms with Gasteiger partial charge in [0.15, 0.2) is 0 Å². The summed E-state index contributed by atoms with van der Waals surface area (Å²) < 4.78 is 5.52. The number of hydrogen-bond acceptors (Lipinski definition) is 3. The number of carbonyl (C=O) groups excluding carboxylic acids is 1. The number of amides is 1. The molecule has 0 aromatic rings. The number of hydrogen-bond donors (Lipinski definition) is 1. The van der Waals surface area contributed by atoms with Crippen LogP contribution < -0.4 is 5.32 Å². The van der Waals surface area contributed by atoms with Crippen molar-refractivity contribution in [2.24, 2.45) is 0 Å². The Morgan fingerprint density at radius 2 is 1.96 bits per heavy atom. The van der Waals surface area contributed by atoms with Gasteiger partial charge in [-0.1, -0.05) is 18.9 Å². The molecular formula is C20H24N2O2. The lowest BCUT2D eigenvalue weighted by atomic mass is 9.94. The zero-order chi connectivity index (χ0) is 16.1. The van der Waals surface area contributed by atoms with Crippen LogP contribution in [0.2, 0.25) is 0 Å². The maximum Gasteiger partial charge on any atom is 0.251 e. The highest BCUT2D eigenvalue weighted by Crippen LogP contribution is 2.51. The number of nitrogens with zero attached hydrogens (tertiary/aromatic N) is 1. The highest BCUT2D eigenvalue weighted by Gasteiger charge is 2.41. The van der Waals surface area contributed by atoms with E-state index in [-0.39, 0.29) is 11.4 Å². The number of rotatable bonds is 4. The van der Waals surface area contributed by atoms with Gasteiger partial charge in [0.2, 0.25) is 0 Å². The molecule has 1 N–H and O–H groups in total. The summed E-state index contributed by atoms with van der Waals surface area (Å²) in [6, 6.07) is 0. The van der Waals surface area contributed by atoms with E-state index in [4.69, 9.17) is 4.74 Å². The van der Waals surface area contributed by atoms with E-state index in [1.54, 1.807) is 0 Å². The molecule has 3 fully saturated rings. The van der Waals surface area contributed by atoms with Crippen LogP contribution in [0.5, 0.6) is 0 Å². The highest BCUT2D eigenvalue weighted by molar-refractivity contribution is 6.01. The van der Waals surface area contributed by atoms with E-state index in [1.807, 2.05) is 6.08 Å². The van der Waals surface area contributed by atoms with Crippen molar-refractivity contribution in [1.82, 2.24) is 10.2 Å². The van der Waals surface area contributed by atoms with E-state index < -0.39 is 0 Å². The van der Waals surface area contributed by atoms with E-state index in [1.165, 1.54) is 42.4 Å². The Kier molecular flexibility index (Phi) is 3.32. The van der Waals surface area contributed by atoms with E-state index >= 15 is 0 Å². The SMILES string of the molecule is O=C(NCC1(N2CCOCC2)CCCC1)C1=C2C=C3CC3=C2C=C1. The number of ether oxygens (including phenoxy) is 1. The van der Waals surface area contributed by atoms with Crippen molar-refractivity contribution in [3.8, 4) is 0 Å². The Morgan fingerprint density at radius 1 is 1.17 bits per heavy atom. The molecule has 126 valence electrons. The molecule has 5 aliphatic rings. The van der Waals surface area contributed by atoms with E-state index in [9.17, 15) is 4.79 Å². The van der Waals surface area contributed by atoms with Crippen molar-refractivity contribution in [1.29, 1.82) is 0 Å². The lowest BCUT2D eigenvalue weighted by molar-refractivity contribution is -0.118. The van der Waals surface area contributed by atoms with Crippen molar-refractivity contribution in [2.75, 3.05) is 32.8 Å². The van der Waals surface area contributed by atoms with Crippen LogP contribution >= 0.6 is 0 Å². The van der Waals surface area contributed by atoms with Gasteiger partial charge in [0.1, 0.15) is 0 Å². The second-order valence-corrected chi connectivity index (χ2v) is 7.61. The number of morpholine rings is 1. The van der Waals surface area contributed by atoms with Crippen molar-refractivity contribution >= 4 is 5.91 Å². The Labute approximate surface area is 142 Å². The molecule has 1 aliphatic heterocycles. The molecule has 2 saturated carbocycles. The molecule has 4 heteroatoms. The topological polar surface area (TPSA) is 41.6 Å². The normalized spacial score (nSPS) is 27.4. The van der Waals surface area contributed by atoms with Gasteiger partial charge in [-0.25, -0.2) is 0 Å². The van der Waals surface area contributed by atoms with Crippen molar-refractivity contribution in [2.45, 2.75) is 37.6 Å². The lowest BCUT2D eigenvalue weighted by Gasteiger charge is -2.43. The molecule has 0 aromatic heterocycles. The zero-order valence-electron chi connectivity index (χ0n) is 14.1. The molecule has 5 rings (SSSR count). The minimum atomic E-state index is 0.0922. The highest BCUT2D eigenvalue weighted by atomic mass is 16.5. The molecule has 0 radical (unpaired) electrons. The van der Waals surface area contributed by atoms with Crippen molar-refractivity contribution < 1.29 is 9.53 Å². The minimum absolute atomic E-state index is 0.0922. The Bertz CT molecular complexity index is 714. The molecule has 0 bridgehead atoms. The first-order chi connectivity index (χ1) is 11.8. The summed E-state index contributed by atoms with van der Waals surface area (Å²) in [5.74, 6) is 0.0922. The summed E-state index contributed by atoms with van der Waals surface area (Å²) in [6.45, 7) is 4.38. The quantitative estimate of drug-likeness (QED) is 0.862. The smallest absolute Gasteiger partial charge is 0.251 e. The number of nitrogens with one attached hydrogen (secondary N) is 1. The fourth-order valence-corrected chi connectivity index (χ4v) is 4.85. The lowest BCUT2D eigenvalue weighted by Crippen LogP contribution is -2.57. The van der Waals surface area contributed by atoms with Gasteiger partial charge in [-0.05, 0) is 53.7 Å². The maximum absolute atomic E-state index is 12.8. The average Bonchev–Trinajstić information content (AvgIpc) is 2.99. The molecule has 1 amide bonds. The first-order valence-corrected chi connectivity index (χ1v) is 9.25. The summed E-state index contributed by atoms with van der Waals surface area (Å²) in [5, 5.41) is 3.26. The molecular weight excluding hydrogens is 300 g/mol. The Morgan fingerprint density at radius 3 is 2.75 bits per heavy atom. The van der Waals surface area contributed by atoms with Crippen molar-refractivity contribution in [3.05, 3.63) is 46.1 Å². The first kappa shape index (κ1) is 14.7. The zero-order valence-corrected chi connectivity index (χ0v) is 14.1. The largest absolute Gasteiger partial charge is 0.379 e. The van der Waals surface area contributed by atoms with Crippen LogP contribution in [0.3, 0.4) is 0 Å². The average molecular weight is 324 g/mol.